The molecule has 3 rings (SSSR count). The van der Waals surface area contributed by atoms with E-state index in [1.807, 2.05) is 32.9 Å². The molecule has 2 aromatic rings. The van der Waals surface area contributed by atoms with Crippen molar-refractivity contribution in [1.82, 2.24) is 9.88 Å². The van der Waals surface area contributed by atoms with E-state index in [0.717, 1.165) is 59.7 Å². The quantitative estimate of drug-likeness (QED) is 0.634. The van der Waals surface area contributed by atoms with Crippen LogP contribution >= 0.6 is 0 Å². The molecule has 0 unspecified atom stereocenters. The summed E-state index contributed by atoms with van der Waals surface area (Å²) in [6.45, 7) is 9.99. The van der Waals surface area contributed by atoms with Crippen LogP contribution in [-0.4, -0.2) is 42.2 Å². The Bertz CT molecular complexity index is 859. The maximum atomic E-state index is 12.0. The highest BCUT2D eigenvalue weighted by Crippen LogP contribution is 2.32. The van der Waals surface area contributed by atoms with Crippen LogP contribution in [0.4, 0.5) is 0 Å². The number of aromatic nitrogens is 1. The Balaban J connectivity index is 1.79. The van der Waals surface area contributed by atoms with E-state index in [-0.39, 0.29) is 12.0 Å². The van der Waals surface area contributed by atoms with Crippen molar-refractivity contribution in [2.75, 3.05) is 20.3 Å². The maximum absolute atomic E-state index is 12.0. The zero-order valence-corrected chi connectivity index (χ0v) is 18.2. The van der Waals surface area contributed by atoms with Gasteiger partial charge < -0.3 is 13.9 Å². The van der Waals surface area contributed by atoms with E-state index in [1.54, 1.807) is 7.11 Å². The first-order chi connectivity index (χ1) is 13.9. The van der Waals surface area contributed by atoms with Crippen LogP contribution in [0.25, 0.3) is 11.5 Å². The van der Waals surface area contributed by atoms with Crippen molar-refractivity contribution in [2.24, 2.45) is 0 Å². The van der Waals surface area contributed by atoms with Crippen LogP contribution in [0.3, 0.4) is 0 Å². The average molecular weight is 401 g/mol. The number of hydrogen-bond donors (Lipinski definition) is 0. The fraction of sp³-hybridized carbons (Fsp3) is 0.565. The van der Waals surface area contributed by atoms with Crippen molar-refractivity contribution >= 4 is 5.97 Å². The highest BCUT2D eigenvalue weighted by molar-refractivity contribution is 5.70. The molecule has 1 atom stereocenters. The standard InChI is InChI=1S/C23H32N2O4/c1-6-28-22(26)13-18-9-7-8-12-25(18)14-20-17(4)29-23(24-20)19-10-11-21(27-5)16(3)15(19)2/h10-11,18H,6-9,12-14H2,1-5H3/t18-/m0/s1. The monoisotopic (exact) mass is 400 g/mol. The number of rotatable bonds is 7. The molecule has 0 aliphatic carbocycles. The summed E-state index contributed by atoms with van der Waals surface area (Å²) in [6, 6.07) is 4.16. The van der Waals surface area contributed by atoms with Crippen LogP contribution in [-0.2, 0) is 16.1 Å². The number of aryl methyl sites for hydroxylation is 1. The van der Waals surface area contributed by atoms with Crippen LogP contribution in [0.1, 0.15) is 55.2 Å². The van der Waals surface area contributed by atoms with E-state index >= 15 is 0 Å². The third-order valence-corrected chi connectivity index (χ3v) is 5.89. The first-order valence-electron chi connectivity index (χ1n) is 10.4. The summed E-state index contributed by atoms with van der Waals surface area (Å²) in [5.74, 6) is 2.21. The number of benzene rings is 1. The minimum atomic E-state index is -0.119. The topological polar surface area (TPSA) is 64.8 Å². The Hall–Kier alpha value is -2.34. The SMILES string of the molecule is CCOC(=O)C[C@@H]1CCCCN1Cc1nc(-c2ccc(OC)c(C)c2C)oc1C. The molecule has 1 saturated heterocycles. The lowest BCUT2D eigenvalue weighted by molar-refractivity contribution is -0.145. The molecular weight excluding hydrogens is 368 g/mol. The Morgan fingerprint density at radius 2 is 2.03 bits per heavy atom. The van der Waals surface area contributed by atoms with Gasteiger partial charge in [-0.15, -0.1) is 0 Å². The molecule has 1 aliphatic rings. The van der Waals surface area contributed by atoms with Gasteiger partial charge in [-0.05, 0) is 70.3 Å². The lowest BCUT2D eigenvalue weighted by Gasteiger charge is -2.34. The molecule has 0 saturated carbocycles. The third-order valence-electron chi connectivity index (χ3n) is 5.89. The molecular formula is C23H32N2O4. The van der Waals surface area contributed by atoms with Gasteiger partial charge in [0.15, 0.2) is 0 Å². The summed E-state index contributed by atoms with van der Waals surface area (Å²) in [5, 5.41) is 0. The highest BCUT2D eigenvalue weighted by atomic mass is 16.5. The van der Waals surface area contributed by atoms with Gasteiger partial charge in [0.05, 0.1) is 25.8 Å². The number of hydrogen-bond acceptors (Lipinski definition) is 6. The normalized spacial score (nSPS) is 17.3. The minimum absolute atomic E-state index is 0.119. The summed E-state index contributed by atoms with van der Waals surface area (Å²) >= 11 is 0. The maximum Gasteiger partial charge on any atom is 0.307 e. The lowest BCUT2D eigenvalue weighted by Crippen LogP contribution is -2.40. The second-order valence-corrected chi connectivity index (χ2v) is 7.72. The molecule has 0 bridgehead atoms. The van der Waals surface area contributed by atoms with Crippen LogP contribution in [0.5, 0.6) is 5.75 Å². The van der Waals surface area contributed by atoms with Crippen LogP contribution in [0.2, 0.25) is 0 Å². The Morgan fingerprint density at radius 1 is 1.24 bits per heavy atom. The fourth-order valence-corrected chi connectivity index (χ4v) is 4.04. The number of likely N-dealkylation sites (tertiary alicyclic amines) is 1. The van der Waals surface area contributed by atoms with Crippen LogP contribution in [0.15, 0.2) is 16.5 Å². The van der Waals surface area contributed by atoms with E-state index in [2.05, 4.69) is 11.8 Å². The van der Waals surface area contributed by atoms with Gasteiger partial charge >= 0.3 is 5.97 Å². The molecule has 1 aromatic carbocycles. The Labute approximate surface area is 173 Å². The molecule has 158 valence electrons. The first kappa shape index (κ1) is 21.4. The Morgan fingerprint density at radius 3 is 2.76 bits per heavy atom. The summed E-state index contributed by atoms with van der Waals surface area (Å²) < 4.78 is 16.6. The van der Waals surface area contributed by atoms with E-state index in [0.29, 0.717) is 25.5 Å². The zero-order valence-electron chi connectivity index (χ0n) is 18.2. The zero-order chi connectivity index (χ0) is 21.0. The van der Waals surface area contributed by atoms with E-state index in [4.69, 9.17) is 18.9 Å². The first-order valence-corrected chi connectivity index (χ1v) is 10.4. The molecule has 6 heteroatoms. The number of nitrogens with zero attached hydrogens (tertiary/aromatic N) is 2. The predicted molar refractivity (Wildman–Crippen MR) is 112 cm³/mol. The fourth-order valence-electron chi connectivity index (χ4n) is 4.04. The summed E-state index contributed by atoms with van der Waals surface area (Å²) in [7, 11) is 1.68. The molecule has 1 fully saturated rings. The van der Waals surface area contributed by atoms with Crippen molar-refractivity contribution in [3.8, 4) is 17.2 Å². The van der Waals surface area contributed by atoms with E-state index in [1.165, 1.54) is 0 Å². The second kappa shape index (κ2) is 9.44. The largest absolute Gasteiger partial charge is 0.496 e. The minimum Gasteiger partial charge on any atom is -0.496 e. The highest BCUT2D eigenvalue weighted by Gasteiger charge is 2.27. The van der Waals surface area contributed by atoms with Gasteiger partial charge in [0.2, 0.25) is 5.89 Å². The van der Waals surface area contributed by atoms with Crippen LogP contribution < -0.4 is 4.74 Å². The van der Waals surface area contributed by atoms with Gasteiger partial charge in [-0.3, -0.25) is 9.69 Å². The number of carbonyl (C=O) groups is 1. The van der Waals surface area contributed by atoms with Gasteiger partial charge in [0.25, 0.3) is 0 Å². The molecule has 2 heterocycles. The second-order valence-electron chi connectivity index (χ2n) is 7.72. The molecule has 1 aliphatic heterocycles. The van der Waals surface area contributed by atoms with E-state index in [9.17, 15) is 4.79 Å². The van der Waals surface area contributed by atoms with Gasteiger partial charge in [-0.25, -0.2) is 4.98 Å². The smallest absolute Gasteiger partial charge is 0.307 e. The van der Waals surface area contributed by atoms with Gasteiger partial charge in [-0.2, -0.15) is 0 Å². The predicted octanol–water partition coefficient (Wildman–Crippen LogP) is 4.58. The van der Waals surface area contributed by atoms with Crippen molar-refractivity contribution in [3.05, 3.63) is 34.7 Å². The molecule has 0 spiro atoms. The molecule has 6 nitrogen and oxygen atoms in total. The van der Waals surface area contributed by atoms with Gasteiger partial charge in [0, 0.05) is 18.2 Å². The van der Waals surface area contributed by atoms with Gasteiger partial charge in [-0.1, -0.05) is 6.42 Å². The van der Waals surface area contributed by atoms with Crippen molar-refractivity contribution in [1.29, 1.82) is 0 Å². The van der Waals surface area contributed by atoms with Crippen molar-refractivity contribution in [2.45, 2.75) is 66.0 Å². The summed E-state index contributed by atoms with van der Waals surface area (Å²) in [4.78, 5) is 19.2. The number of oxazole rings is 1. The number of piperidine rings is 1. The number of carbonyl (C=O) groups excluding carboxylic acids is 1. The Kier molecular flexibility index (Phi) is 6.96. The lowest BCUT2D eigenvalue weighted by atomic mass is 9.99. The average Bonchev–Trinajstić information content (AvgIpc) is 3.05. The van der Waals surface area contributed by atoms with Gasteiger partial charge in [0.1, 0.15) is 11.5 Å². The van der Waals surface area contributed by atoms with Crippen molar-refractivity contribution in [3.63, 3.8) is 0 Å². The molecule has 0 radical (unpaired) electrons. The van der Waals surface area contributed by atoms with E-state index < -0.39 is 0 Å². The van der Waals surface area contributed by atoms with Crippen LogP contribution in [0, 0.1) is 20.8 Å². The number of ether oxygens (including phenoxy) is 2. The summed E-state index contributed by atoms with van der Waals surface area (Å²) in [6.07, 6.45) is 3.74. The molecule has 0 amide bonds. The molecule has 1 aromatic heterocycles. The third kappa shape index (κ3) is 4.81. The molecule has 0 N–H and O–H groups in total. The number of methoxy groups -OCH3 is 1. The number of esters is 1. The molecule has 29 heavy (non-hydrogen) atoms. The van der Waals surface area contributed by atoms with Crippen molar-refractivity contribution < 1.29 is 18.7 Å². The summed E-state index contributed by atoms with van der Waals surface area (Å²) in [5.41, 5.74) is 4.12.